The van der Waals surface area contributed by atoms with Crippen LogP contribution in [0.3, 0.4) is 0 Å². The Balaban J connectivity index is 2.45. The number of nitriles is 1. The van der Waals surface area contributed by atoms with E-state index in [-0.39, 0.29) is 0 Å². The summed E-state index contributed by atoms with van der Waals surface area (Å²) in [6, 6.07) is 7.84. The highest BCUT2D eigenvalue weighted by atomic mass is 32.2. The van der Waals surface area contributed by atoms with Gasteiger partial charge in [-0.3, -0.25) is 10.3 Å². The summed E-state index contributed by atoms with van der Waals surface area (Å²) in [5, 5.41) is 17.5. The highest BCUT2D eigenvalue weighted by Crippen LogP contribution is 2.35. The van der Waals surface area contributed by atoms with Gasteiger partial charge in [0.2, 0.25) is 0 Å². The fourth-order valence-corrected chi connectivity index (χ4v) is 2.56. The molecular formula is C14H15N3S. The fraction of sp³-hybridized carbons (Fsp3) is 0.286. The standard InChI is InChI=1S/C14H15N3S/c1-3-18-14(16)17-7-6-10(2)12-5-4-11(9-15)8-13(12)17/h4-8,10,16H,3H2,1-2H3. The molecule has 0 amide bonds. The lowest BCUT2D eigenvalue weighted by Gasteiger charge is -2.29. The van der Waals surface area contributed by atoms with E-state index in [4.69, 9.17) is 10.7 Å². The first-order valence-electron chi connectivity index (χ1n) is 5.90. The number of allylic oxidation sites excluding steroid dienone is 1. The Morgan fingerprint density at radius 1 is 1.56 bits per heavy atom. The molecule has 0 bridgehead atoms. The normalized spacial score (nSPS) is 17.2. The van der Waals surface area contributed by atoms with Crippen molar-refractivity contribution in [2.75, 3.05) is 10.7 Å². The lowest BCUT2D eigenvalue weighted by molar-refractivity contribution is 0.936. The molecular weight excluding hydrogens is 242 g/mol. The second-order valence-corrected chi connectivity index (χ2v) is 5.38. The van der Waals surface area contributed by atoms with Crippen LogP contribution in [0.5, 0.6) is 0 Å². The van der Waals surface area contributed by atoms with Gasteiger partial charge in [-0.2, -0.15) is 5.26 Å². The molecule has 18 heavy (non-hydrogen) atoms. The number of amidine groups is 1. The molecule has 0 aromatic heterocycles. The van der Waals surface area contributed by atoms with E-state index >= 15 is 0 Å². The van der Waals surface area contributed by atoms with Crippen LogP contribution in [0, 0.1) is 16.7 Å². The molecule has 0 aliphatic carbocycles. The Labute approximate surface area is 112 Å². The maximum Gasteiger partial charge on any atom is 0.165 e. The fourth-order valence-electron chi connectivity index (χ4n) is 1.99. The number of nitrogens with one attached hydrogen (secondary N) is 1. The van der Waals surface area contributed by atoms with Gasteiger partial charge in [0.05, 0.1) is 17.3 Å². The quantitative estimate of drug-likeness (QED) is 0.616. The molecule has 0 saturated carbocycles. The van der Waals surface area contributed by atoms with E-state index in [1.165, 1.54) is 11.8 Å². The largest absolute Gasteiger partial charge is 0.297 e. The van der Waals surface area contributed by atoms with Crippen molar-refractivity contribution < 1.29 is 0 Å². The third kappa shape index (κ3) is 2.27. The van der Waals surface area contributed by atoms with Crippen molar-refractivity contribution in [1.82, 2.24) is 0 Å². The molecule has 2 rings (SSSR count). The Kier molecular flexibility index (Phi) is 3.73. The Morgan fingerprint density at radius 2 is 2.33 bits per heavy atom. The molecule has 92 valence electrons. The van der Waals surface area contributed by atoms with E-state index < -0.39 is 0 Å². The van der Waals surface area contributed by atoms with Gasteiger partial charge in [0.1, 0.15) is 0 Å². The molecule has 4 heteroatoms. The minimum Gasteiger partial charge on any atom is -0.297 e. The van der Waals surface area contributed by atoms with Gasteiger partial charge in [0.15, 0.2) is 5.17 Å². The van der Waals surface area contributed by atoms with Crippen LogP contribution in [-0.2, 0) is 0 Å². The zero-order valence-corrected chi connectivity index (χ0v) is 11.3. The maximum absolute atomic E-state index is 8.99. The molecule has 1 aliphatic heterocycles. The summed E-state index contributed by atoms with van der Waals surface area (Å²) in [6.07, 6.45) is 4.01. The lowest BCUT2D eigenvalue weighted by Crippen LogP contribution is -2.26. The van der Waals surface area contributed by atoms with Crippen LogP contribution in [0.2, 0.25) is 0 Å². The minimum absolute atomic E-state index is 0.323. The number of anilines is 1. The molecule has 0 radical (unpaired) electrons. The predicted molar refractivity (Wildman–Crippen MR) is 77.0 cm³/mol. The lowest BCUT2D eigenvalue weighted by atomic mass is 9.95. The van der Waals surface area contributed by atoms with Crippen molar-refractivity contribution in [2.24, 2.45) is 0 Å². The second-order valence-electron chi connectivity index (χ2n) is 4.12. The topological polar surface area (TPSA) is 50.9 Å². The number of hydrogen-bond donors (Lipinski definition) is 1. The number of fused-ring (bicyclic) bond motifs is 1. The number of nitrogens with zero attached hydrogens (tertiary/aromatic N) is 2. The molecule has 0 saturated heterocycles. The SMILES string of the molecule is CCSC(=N)N1C=CC(C)c2ccc(C#N)cc21. The number of thioether (sulfide) groups is 1. The van der Waals surface area contributed by atoms with Crippen LogP contribution < -0.4 is 4.90 Å². The first-order chi connectivity index (χ1) is 8.67. The molecule has 1 aliphatic rings. The predicted octanol–water partition coefficient (Wildman–Crippen LogP) is 3.68. The Morgan fingerprint density at radius 3 is 3.00 bits per heavy atom. The maximum atomic E-state index is 8.99. The average Bonchev–Trinajstić information content (AvgIpc) is 2.39. The van der Waals surface area contributed by atoms with Crippen LogP contribution in [-0.4, -0.2) is 10.9 Å². The van der Waals surface area contributed by atoms with E-state index in [2.05, 4.69) is 19.1 Å². The molecule has 1 N–H and O–H groups in total. The molecule has 0 fully saturated rings. The first kappa shape index (κ1) is 12.7. The van der Waals surface area contributed by atoms with Crippen molar-refractivity contribution in [3.05, 3.63) is 41.6 Å². The van der Waals surface area contributed by atoms with Gasteiger partial charge in [-0.05, 0) is 23.4 Å². The van der Waals surface area contributed by atoms with Crippen LogP contribution in [0.15, 0.2) is 30.5 Å². The summed E-state index contributed by atoms with van der Waals surface area (Å²) in [4.78, 5) is 1.85. The summed E-state index contributed by atoms with van der Waals surface area (Å²) >= 11 is 1.49. The van der Waals surface area contributed by atoms with Crippen molar-refractivity contribution in [1.29, 1.82) is 10.7 Å². The highest BCUT2D eigenvalue weighted by molar-refractivity contribution is 8.14. The van der Waals surface area contributed by atoms with Crippen molar-refractivity contribution >= 4 is 22.6 Å². The zero-order valence-electron chi connectivity index (χ0n) is 10.5. The molecule has 3 nitrogen and oxygen atoms in total. The van der Waals surface area contributed by atoms with Crippen molar-refractivity contribution in [2.45, 2.75) is 19.8 Å². The van der Waals surface area contributed by atoms with Gasteiger partial charge in [0.25, 0.3) is 0 Å². The molecule has 0 spiro atoms. The van der Waals surface area contributed by atoms with E-state index in [1.54, 1.807) is 0 Å². The Bertz CT molecular complexity index is 542. The molecule has 1 heterocycles. The Hall–Kier alpha value is -1.73. The zero-order chi connectivity index (χ0) is 13.1. The van der Waals surface area contributed by atoms with Gasteiger partial charge in [0, 0.05) is 12.1 Å². The minimum atomic E-state index is 0.323. The summed E-state index contributed by atoms with van der Waals surface area (Å²) in [5.41, 5.74) is 2.75. The van der Waals surface area contributed by atoms with E-state index in [1.807, 2.05) is 36.2 Å². The van der Waals surface area contributed by atoms with E-state index in [0.29, 0.717) is 16.6 Å². The van der Waals surface area contributed by atoms with Gasteiger partial charge in [-0.15, -0.1) is 0 Å². The smallest absolute Gasteiger partial charge is 0.165 e. The molecule has 1 atom stereocenters. The number of benzene rings is 1. The van der Waals surface area contributed by atoms with Crippen LogP contribution in [0.1, 0.15) is 30.9 Å². The molecule has 1 aromatic rings. The monoisotopic (exact) mass is 257 g/mol. The summed E-state index contributed by atoms with van der Waals surface area (Å²) in [7, 11) is 0. The number of hydrogen-bond acceptors (Lipinski definition) is 3. The van der Waals surface area contributed by atoms with Gasteiger partial charge in [-0.25, -0.2) is 0 Å². The highest BCUT2D eigenvalue weighted by Gasteiger charge is 2.21. The van der Waals surface area contributed by atoms with Gasteiger partial charge in [-0.1, -0.05) is 37.8 Å². The van der Waals surface area contributed by atoms with Crippen LogP contribution >= 0.6 is 11.8 Å². The van der Waals surface area contributed by atoms with Crippen LogP contribution in [0.25, 0.3) is 0 Å². The third-order valence-corrected chi connectivity index (χ3v) is 3.69. The van der Waals surface area contributed by atoms with Gasteiger partial charge < -0.3 is 0 Å². The van der Waals surface area contributed by atoms with E-state index in [0.717, 1.165) is 17.0 Å². The third-order valence-electron chi connectivity index (χ3n) is 2.93. The number of rotatable bonds is 1. The van der Waals surface area contributed by atoms with Crippen molar-refractivity contribution in [3.63, 3.8) is 0 Å². The van der Waals surface area contributed by atoms with Crippen molar-refractivity contribution in [3.8, 4) is 6.07 Å². The summed E-state index contributed by atoms with van der Waals surface area (Å²) < 4.78 is 0. The van der Waals surface area contributed by atoms with Gasteiger partial charge >= 0.3 is 0 Å². The molecule has 1 unspecified atom stereocenters. The molecule has 1 aromatic carbocycles. The first-order valence-corrected chi connectivity index (χ1v) is 6.89. The summed E-state index contributed by atoms with van der Waals surface area (Å²) in [6.45, 7) is 4.15. The van der Waals surface area contributed by atoms with Crippen LogP contribution in [0.4, 0.5) is 5.69 Å². The summed E-state index contributed by atoms with van der Waals surface area (Å²) in [5.74, 6) is 1.19. The average molecular weight is 257 g/mol. The van der Waals surface area contributed by atoms with E-state index in [9.17, 15) is 0 Å². The second kappa shape index (κ2) is 5.28.